The number of rotatable bonds is 4. The van der Waals surface area contributed by atoms with Crippen LogP contribution in [0.3, 0.4) is 0 Å². The van der Waals surface area contributed by atoms with Crippen molar-refractivity contribution in [1.82, 2.24) is 0 Å². The molecule has 0 aliphatic heterocycles. The van der Waals surface area contributed by atoms with Gasteiger partial charge in [-0.2, -0.15) is 0 Å². The summed E-state index contributed by atoms with van der Waals surface area (Å²) in [6, 6.07) is 0. The first-order valence-electron chi connectivity index (χ1n) is 5.83. The monoisotopic (exact) mass is 264 g/mol. The average Bonchev–Trinajstić information content (AvgIpc) is 2.16. The van der Waals surface area contributed by atoms with Crippen LogP contribution in [0, 0.1) is 5.92 Å². The second-order valence-electron chi connectivity index (χ2n) is 5.19. The topological polar surface area (TPSA) is 91.7 Å². The molecule has 1 aliphatic rings. The van der Waals surface area contributed by atoms with Crippen LogP contribution in [0.15, 0.2) is 0 Å². The molecule has 1 rings (SSSR count). The molecule has 0 radical (unpaired) electrons. The summed E-state index contributed by atoms with van der Waals surface area (Å²) in [5.41, 5.74) is -1.24. The maximum absolute atomic E-state index is 11.7. The highest BCUT2D eigenvalue weighted by molar-refractivity contribution is 7.92. The first-order valence-corrected chi connectivity index (χ1v) is 7.55. The van der Waals surface area contributed by atoms with Crippen LogP contribution in [0.5, 0.6) is 0 Å². The molecule has 0 amide bonds. The minimum Gasteiger partial charge on any atom is -0.481 e. The molecule has 17 heavy (non-hydrogen) atoms. The van der Waals surface area contributed by atoms with E-state index in [9.17, 15) is 18.3 Å². The second kappa shape index (κ2) is 4.94. The summed E-state index contributed by atoms with van der Waals surface area (Å²) in [5.74, 6) is -1.57. The largest absolute Gasteiger partial charge is 0.481 e. The van der Waals surface area contributed by atoms with Gasteiger partial charge in [-0.05, 0) is 39.5 Å². The zero-order valence-electron chi connectivity index (χ0n) is 10.2. The number of carboxylic acid groups (broad SMARTS) is 1. The van der Waals surface area contributed by atoms with Crippen molar-refractivity contribution in [1.29, 1.82) is 0 Å². The SMILES string of the molecule is CC(C)S(=O)(=O)CC1(O)CCC(C(=O)O)CC1. The van der Waals surface area contributed by atoms with Gasteiger partial charge in [-0.3, -0.25) is 4.79 Å². The number of aliphatic hydroxyl groups is 1. The predicted molar refractivity (Wildman–Crippen MR) is 63.5 cm³/mol. The molecule has 6 heteroatoms. The van der Waals surface area contributed by atoms with E-state index in [4.69, 9.17) is 5.11 Å². The average molecular weight is 264 g/mol. The summed E-state index contributed by atoms with van der Waals surface area (Å²) >= 11 is 0. The first kappa shape index (κ1) is 14.4. The molecule has 0 aromatic carbocycles. The van der Waals surface area contributed by atoms with Gasteiger partial charge in [0.2, 0.25) is 0 Å². The molecule has 1 fully saturated rings. The van der Waals surface area contributed by atoms with Crippen molar-refractivity contribution in [3.05, 3.63) is 0 Å². The molecule has 0 bridgehead atoms. The van der Waals surface area contributed by atoms with Crippen molar-refractivity contribution in [2.75, 3.05) is 5.75 Å². The number of hydrogen-bond donors (Lipinski definition) is 2. The lowest BCUT2D eigenvalue weighted by atomic mass is 9.80. The molecule has 0 unspecified atom stereocenters. The first-order chi connectivity index (χ1) is 7.66. The minimum atomic E-state index is -3.29. The number of aliphatic carboxylic acids is 1. The molecule has 0 saturated heterocycles. The molecule has 0 atom stereocenters. The normalized spacial score (nSPS) is 30.5. The van der Waals surface area contributed by atoms with Crippen molar-refractivity contribution in [3.8, 4) is 0 Å². The van der Waals surface area contributed by atoms with E-state index in [1.165, 1.54) is 0 Å². The fraction of sp³-hybridized carbons (Fsp3) is 0.909. The predicted octanol–water partition coefficient (Wildman–Crippen LogP) is 0.815. The van der Waals surface area contributed by atoms with E-state index in [0.29, 0.717) is 12.8 Å². The van der Waals surface area contributed by atoms with Gasteiger partial charge in [0.1, 0.15) is 0 Å². The Hall–Kier alpha value is -0.620. The van der Waals surface area contributed by atoms with Gasteiger partial charge in [0, 0.05) is 0 Å². The molecule has 0 aromatic heterocycles. The Morgan fingerprint density at radius 3 is 2.18 bits per heavy atom. The zero-order valence-corrected chi connectivity index (χ0v) is 11.0. The number of carbonyl (C=O) groups is 1. The third-order valence-corrected chi connectivity index (χ3v) is 5.83. The van der Waals surface area contributed by atoms with E-state index < -0.39 is 32.6 Å². The molecular formula is C11H20O5S. The van der Waals surface area contributed by atoms with Crippen LogP contribution in [-0.4, -0.2) is 41.2 Å². The molecule has 5 nitrogen and oxygen atoms in total. The van der Waals surface area contributed by atoms with Crippen LogP contribution in [0.2, 0.25) is 0 Å². The van der Waals surface area contributed by atoms with Gasteiger partial charge in [-0.15, -0.1) is 0 Å². The third kappa shape index (κ3) is 3.67. The fourth-order valence-corrected chi connectivity index (χ4v) is 3.46. The van der Waals surface area contributed by atoms with E-state index in [-0.39, 0.29) is 18.6 Å². The minimum absolute atomic E-state index is 0.246. The Morgan fingerprint density at radius 1 is 1.35 bits per heavy atom. The van der Waals surface area contributed by atoms with Crippen LogP contribution in [0.1, 0.15) is 39.5 Å². The lowest BCUT2D eigenvalue weighted by Crippen LogP contribution is -2.43. The molecule has 0 aromatic rings. The van der Waals surface area contributed by atoms with Gasteiger partial charge in [0.25, 0.3) is 0 Å². The molecule has 100 valence electrons. The van der Waals surface area contributed by atoms with E-state index in [1.807, 2.05) is 0 Å². The van der Waals surface area contributed by atoms with Gasteiger partial charge in [-0.1, -0.05) is 0 Å². The lowest BCUT2D eigenvalue weighted by molar-refractivity contribution is -0.144. The highest BCUT2D eigenvalue weighted by Gasteiger charge is 2.39. The van der Waals surface area contributed by atoms with E-state index >= 15 is 0 Å². The maximum Gasteiger partial charge on any atom is 0.306 e. The summed E-state index contributed by atoms with van der Waals surface area (Å²) in [4.78, 5) is 10.8. The quantitative estimate of drug-likeness (QED) is 0.784. The highest BCUT2D eigenvalue weighted by atomic mass is 32.2. The van der Waals surface area contributed by atoms with E-state index in [1.54, 1.807) is 13.8 Å². The van der Waals surface area contributed by atoms with Crippen LogP contribution in [-0.2, 0) is 14.6 Å². The molecule has 1 saturated carbocycles. The van der Waals surface area contributed by atoms with Gasteiger partial charge >= 0.3 is 5.97 Å². The van der Waals surface area contributed by atoms with Gasteiger partial charge in [0.15, 0.2) is 9.84 Å². The summed E-state index contributed by atoms with van der Waals surface area (Å²) in [6.45, 7) is 3.17. The fourth-order valence-electron chi connectivity index (χ4n) is 2.09. The van der Waals surface area contributed by atoms with Crippen molar-refractivity contribution < 1.29 is 23.4 Å². The van der Waals surface area contributed by atoms with Crippen molar-refractivity contribution in [2.24, 2.45) is 5.92 Å². The van der Waals surface area contributed by atoms with E-state index in [0.717, 1.165) is 0 Å². The molecule has 0 spiro atoms. The van der Waals surface area contributed by atoms with Gasteiger partial charge in [0.05, 0.1) is 22.5 Å². The Balaban J connectivity index is 2.65. The standard InChI is InChI=1S/C11H20O5S/c1-8(2)17(15,16)7-11(14)5-3-9(4-6-11)10(12)13/h8-9,14H,3-7H2,1-2H3,(H,12,13). The number of hydrogen-bond acceptors (Lipinski definition) is 4. The Labute approximate surface area is 102 Å². The molecule has 0 heterocycles. The Kier molecular flexibility index (Phi) is 4.19. The van der Waals surface area contributed by atoms with Crippen LogP contribution >= 0.6 is 0 Å². The van der Waals surface area contributed by atoms with Gasteiger partial charge in [-0.25, -0.2) is 8.42 Å². The van der Waals surface area contributed by atoms with Crippen molar-refractivity contribution in [3.63, 3.8) is 0 Å². The number of carboxylic acids is 1. The Morgan fingerprint density at radius 2 is 1.82 bits per heavy atom. The smallest absolute Gasteiger partial charge is 0.306 e. The van der Waals surface area contributed by atoms with Crippen molar-refractivity contribution >= 4 is 15.8 Å². The van der Waals surface area contributed by atoms with Crippen LogP contribution in [0.25, 0.3) is 0 Å². The van der Waals surface area contributed by atoms with Crippen LogP contribution in [0.4, 0.5) is 0 Å². The molecular weight excluding hydrogens is 244 g/mol. The van der Waals surface area contributed by atoms with Crippen LogP contribution < -0.4 is 0 Å². The van der Waals surface area contributed by atoms with Crippen molar-refractivity contribution in [2.45, 2.75) is 50.4 Å². The zero-order chi connectivity index (χ0) is 13.3. The highest BCUT2D eigenvalue weighted by Crippen LogP contribution is 2.33. The van der Waals surface area contributed by atoms with E-state index in [2.05, 4.69) is 0 Å². The third-order valence-electron chi connectivity index (χ3n) is 3.45. The number of sulfone groups is 1. The summed E-state index contributed by atoms with van der Waals surface area (Å²) in [6.07, 6.45) is 1.19. The summed E-state index contributed by atoms with van der Waals surface area (Å²) < 4.78 is 23.5. The summed E-state index contributed by atoms with van der Waals surface area (Å²) in [5, 5.41) is 18.5. The summed E-state index contributed by atoms with van der Waals surface area (Å²) in [7, 11) is -3.29. The lowest BCUT2D eigenvalue weighted by Gasteiger charge is -2.34. The second-order valence-corrected chi connectivity index (χ2v) is 7.75. The molecule has 2 N–H and O–H groups in total. The van der Waals surface area contributed by atoms with Gasteiger partial charge < -0.3 is 10.2 Å². The molecule has 1 aliphatic carbocycles. The Bertz CT molecular complexity index is 377. The maximum atomic E-state index is 11.7.